The van der Waals surface area contributed by atoms with Crippen LogP contribution in [0.25, 0.3) is 11.0 Å². The molecule has 5 rings (SSSR count). The smallest absolute Gasteiger partial charge is 0.272 e. The number of amides is 1. The molecule has 1 spiro atoms. The van der Waals surface area contributed by atoms with Crippen LogP contribution < -0.4 is 4.90 Å². The van der Waals surface area contributed by atoms with Crippen LogP contribution in [0.1, 0.15) is 29.8 Å². The lowest BCUT2D eigenvalue weighted by atomic mass is 9.77. The fraction of sp³-hybridized carbons (Fsp3) is 0.455. The number of piperidine rings is 1. The van der Waals surface area contributed by atoms with E-state index >= 15 is 0 Å². The largest absolute Gasteiger partial charge is 0.383 e. The number of aromatic nitrogens is 4. The second-order valence-corrected chi connectivity index (χ2v) is 8.12. The number of likely N-dealkylation sites (tertiary alicyclic amines) is 1. The molecule has 2 aromatic heterocycles. The number of methoxy groups -OCH3 is 1. The van der Waals surface area contributed by atoms with E-state index in [0.29, 0.717) is 18.8 Å². The van der Waals surface area contributed by atoms with Crippen molar-refractivity contribution in [3.05, 3.63) is 48.5 Å². The highest BCUT2D eigenvalue weighted by atomic mass is 16.5. The molecule has 2 aliphatic heterocycles. The first kappa shape index (κ1) is 19.0. The first-order valence-corrected chi connectivity index (χ1v) is 10.5. The maximum absolute atomic E-state index is 13.3. The first-order chi connectivity index (χ1) is 14.7. The van der Waals surface area contributed by atoms with E-state index in [2.05, 4.69) is 32.1 Å². The Labute approximate surface area is 175 Å². The Balaban J connectivity index is 1.36. The summed E-state index contributed by atoms with van der Waals surface area (Å²) in [5.41, 5.74) is 3.61. The summed E-state index contributed by atoms with van der Waals surface area (Å²) in [6, 6.07) is 8.08. The minimum Gasteiger partial charge on any atom is -0.383 e. The van der Waals surface area contributed by atoms with E-state index in [1.54, 1.807) is 36.4 Å². The van der Waals surface area contributed by atoms with Crippen LogP contribution in [0.15, 0.2) is 42.9 Å². The van der Waals surface area contributed by atoms with Gasteiger partial charge in [-0.15, -0.1) is 0 Å². The van der Waals surface area contributed by atoms with E-state index in [9.17, 15) is 4.79 Å². The molecule has 0 aliphatic carbocycles. The van der Waals surface area contributed by atoms with Gasteiger partial charge in [-0.2, -0.15) is 5.10 Å². The number of hydrogen-bond donors (Lipinski definition) is 0. The lowest BCUT2D eigenvalue weighted by Gasteiger charge is -2.58. The molecule has 156 valence electrons. The van der Waals surface area contributed by atoms with Crippen molar-refractivity contribution in [2.45, 2.75) is 31.3 Å². The molecule has 1 aromatic carbocycles. The number of rotatable bonds is 5. The lowest BCUT2D eigenvalue weighted by molar-refractivity contribution is 0.0549. The highest BCUT2D eigenvalue weighted by molar-refractivity contribution is 5.92. The zero-order valence-corrected chi connectivity index (χ0v) is 17.2. The fourth-order valence-electron chi connectivity index (χ4n) is 4.80. The highest BCUT2D eigenvalue weighted by Gasteiger charge is 2.48. The molecule has 1 atom stereocenters. The summed E-state index contributed by atoms with van der Waals surface area (Å²) in [5.74, 6) is 0.0545. The molecule has 3 aromatic rings. The molecule has 2 aliphatic rings. The first-order valence-electron chi connectivity index (χ1n) is 10.5. The standard InChI is InChI=1S/C22H26N6O2/c1-30-14-13-28-20(5-8-25-28)21(29)26-11-2-6-22(16-26)7-12-27(22)17-3-4-18-19(15-17)24-10-9-23-18/h3-5,8-10,15H,2,6-7,11-14,16H2,1H3/t22-/m1/s1. The van der Waals surface area contributed by atoms with Crippen LogP contribution in [0.2, 0.25) is 0 Å². The molecule has 2 saturated heterocycles. The monoisotopic (exact) mass is 406 g/mol. The maximum Gasteiger partial charge on any atom is 0.272 e. The third kappa shape index (κ3) is 3.21. The molecule has 0 bridgehead atoms. The average molecular weight is 406 g/mol. The Bertz CT molecular complexity index is 1070. The molecule has 0 unspecified atom stereocenters. The number of nitrogens with zero attached hydrogens (tertiary/aromatic N) is 6. The number of fused-ring (bicyclic) bond motifs is 1. The van der Waals surface area contributed by atoms with Gasteiger partial charge in [0.1, 0.15) is 5.69 Å². The van der Waals surface area contributed by atoms with Gasteiger partial charge in [0.25, 0.3) is 5.91 Å². The van der Waals surface area contributed by atoms with Crippen molar-refractivity contribution < 1.29 is 9.53 Å². The van der Waals surface area contributed by atoms with Crippen LogP contribution in [0.3, 0.4) is 0 Å². The Kier molecular flexibility index (Phi) is 4.86. The van der Waals surface area contributed by atoms with Gasteiger partial charge in [0.05, 0.1) is 29.7 Å². The molecule has 0 saturated carbocycles. The Morgan fingerprint density at radius 1 is 1.10 bits per heavy atom. The Morgan fingerprint density at radius 2 is 1.97 bits per heavy atom. The van der Waals surface area contributed by atoms with E-state index in [1.165, 1.54) is 0 Å². The summed E-state index contributed by atoms with van der Waals surface area (Å²) in [5, 5.41) is 4.30. The summed E-state index contributed by atoms with van der Waals surface area (Å²) in [4.78, 5) is 26.5. The Hall–Kier alpha value is -3.00. The van der Waals surface area contributed by atoms with E-state index < -0.39 is 0 Å². The van der Waals surface area contributed by atoms with Gasteiger partial charge < -0.3 is 14.5 Å². The van der Waals surface area contributed by atoms with E-state index in [4.69, 9.17) is 4.74 Å². The zero-order chi connectivity index (χ0) is 20.6. The predicted molar refractivity (Wildman–Crippen MR) is 113 cm³/mol. The molecular formula is C22H26N6O2. The van der Waals surface area contributed by atoms with Gasteiger partial charge in [-0.05, 0) is 43.5 Å². The SMILES string of the molecule is COCCn1nccc1C(=O)N1CCC[C@@]2(CCN2c2ccc3nccnc3c2)C1. The van der Waals surface area contributed by atoms with Gasteiger partial charge in [0, 0.05) is 51.0 Å². The minimum absolute atomic E-state index is 0.00117. The third-order valence-corrected chi connectivity index (χ3v) is 6.42. The molecule has 2 fully saturated rings. The third-order valence-electron chi connectivity index (χ3n) is 6.42. The van der Waals surface area contributed by atoms with Crippen LogP contribution in [-0.2, 0) is 11.3 Å². The number of carbonyl (C=O) groups is 1. The molecule has 8 nitrogen and oxygen atoms in total. The number of carbonyl (C=O) groups excluding carboxylic acids is 1. The van der Waals surface area contributed by atoms with Gasteiger partial charge in [0.15, 0.2) is 0 Å². The summed E-state index contributed by atoms with van der Waals surface area (Å²) < 4.78 is 6.89. The molecular weight excluding hydrogens is 380 g/mol. The second kappa shape index (κ2) is 7.68. The Morgan fingerprint density at radius 3 is 2.77 bits per heavy atom. The maximum atomic E-state index is 13.3. The fourth-order valence-corrected chi connectivity index (χ4v) is 4.80. The number of ether oxygens (including phenoxy) is 1. The van der Waals surface area contributed by atoms with Crippen molar-refractivity contribution in [2.75, 3.05) is 38.3 Å². The van der Waals surface area contributed by atoms with Crippen molar-refractivity contribution in [1.82, 2.24) is 24.6 Å². The summed E-state index contributed by atoms with van der Waals surface area (Å²) >= 11 is 0. The van der Waals surface area contributed by atoms with Crippen molar-refractivity contribution in [2.24, 2.45) is 0 Å². The van der Waals surface area contributed by atoms with Gasteiger partial charge in [-0.25, -0.2) is 0 Å². The van der Waals surface area contributed by atoms with Gasteiger partial charge in [-0.3, -0.25) is 19.4 Å². The van der Waals surface area contributed by atoms with Crippen LogP contribution in [0.4, 0.5) is 5.69 Å². The van der Waals surface area contributed by atoms with E-state index in [1.807, 2.05) is 11.0 Å². The van der Waals surface area contributed by atoms with Gasteiger partial charge in [-0.1, -0.05) is 0 Å². The highest BCUT2D eigenvalue weighted by Crippen LogP contribution is 2.42. The quantitative estimate of drug-likeness (QED) is 0.647. The summed E-state index contributed by atoms with van der Waals surface area (Å²) in [7, 11) is 1.66. The van der Waals surface area contributed by atoms with Gasteiger partial charge >= 0.3 is 0 Å². The zero-order valence-electron chi connectivity index (χ0n) is 17.2. The normalized spacial score (nSPS) is 21.2. The molecule has 30 heavy (non-hydrogen) atoms. The van der Waals surface area contributed by atoms with Gasteiger partial charge in [0.2, 0.25) is 0 Å². The van der Waals surface area contributed by atoms with Crippen LogP contribution in [0, 0.1) is 0 Å². The van der Waals surface area contributed by atoms with Crippen LogP contribution in [0.5, 0.6) is 0 Å². The molecule has 1 amide bonds. The minimum atomic E-state index is 0.00117. The van der Waals surface area contributed by atoms with E-state index in [0.717, 1.165) is 55.6 Å². The van der Waals surface area contributed by atoms with E-state index in [-0.39, 0.29) is 11.4 Å². The molecule has 4 heterocycles. The number of hydrogen-bond acceptors (Lipinski definition) is 6. The topological polar surface area (TPSA) is 76.4 Å². The number of anilines is 1. The average Bonchev–Trinajstić information content (AvgIpc) is 3.25. The molecule has 0 radical (unpaired) electrons. The molecule has 0 N–H and O–H groups in total. The predicted octanol–water partition coefficient (Wildman–Crippen LogP) is 2.36. The van der Waals surface area contributed by atoms with Crippen molar-refractivity contribution in [3.63, 3.8) is 0 Å². The van der Waals surface area contributed by atoms with Crippen molar-refractivity contribution in [1.29, 1.82) is 0 Å². The summed E-state index contributed by atoms with van der Waals surface area (Å²) in [6.45, 7) is 3.63. The van der Waals surface area contributed by atoms with Crippen LogP contribution in [-0.4, -0.2) is 69.4 Å². The van der Waals surface area contributed by atoms with Crippen LogP contribution >= 0.6 is 0 Å². The lowest BCUT2D eigenvalue weighted by Crippen LogP contribution is -2.68. The summed E-state index contributed by atoms with van der Waals surface area (Å²) in [6.07, 6.45) is 8.33. The van der Waals surface area contributed by atoms with Crippen molar-refractivity contribution in [3.8, 4) is 0 Å². The molecule has 8 heteroatoms. The second-order valence-electron chi connectivity index (χ2n) is 8.12. The number of benzene rings is 1. The van der Waals surface area contributed by atoms with Crippen molar-refractivity contribution >= 4 is 22.6 Å².